The third-order valence-corrected chi connectivity index (χ3v) is 3.17. The first-order chi connectivity index (χ1) is 7.58. The van der Waals surface area contributed by atoms with Crippen molar-refractivity contribution in [3.8, 4) is 0 Å². The molecule has 1 heterocycles. The highest BCUT2D eigenvalue weighted by Gasteiger charge is 2.10. The van der Waals surface area contributed by atoms with Gasteiger partial charge in [0.25, 0.3) is 0 Å². The molecule has 2 N–H and O–H groups in total. The molecule has 0 radical (unpaired) electrons. The molecule has 0 saturated heterocycles. The second-order valence-electron chi connectivity index (χ2n) is 4.74. The summed E-state index contributed by atoms with van der Waals surface area (Å²) >= 11 is 0. The molecule has 92 valence electrons. The molecule has 1 aromatic heterocycles. The Morgan fingerprint density at radius 2 is 2.06 bits per heavy atom. The number of rotatable bonds is 6. The SMILES string of the molecule is CCc1cc(CCC(N)C(C)C)n(CC)n1. The van der Waals surface area contributed by atoms with Crippen molar-refractivity contribution in [2.24, 2.45) is 11.7 Å². The number of nitrogens with two attached hydrogens (primary N) is 1. The van der Waals surface area contributed by atoms with Gasteiger partial charge in [0.05, 0.1) is 5.69 Å². The van der Waals surface area contributed by atoms with Crippen molar-refractivity contribution in [3.63, 3.8) is 0 Å². The lowest BCUT2D eigenvalue weighted by molar-refractivity contribution is 0.456. The molecule has 16 heavy (non-hydrogen) atoms. The van der Waals surface area contributed by atoms with E-state index in [0.29, 0.717) is 12.0 Å². The van der Waals surface area contributed by atoms with Gasteiger partial charge in [-0.1, -0.05) is 20.8 Å². The molecule has 1 aromatic rings. The Morgan fingerprint density at radius 1 is 1.38 bits per heavy atom. The summed E-state index contributed by atoms with van der Waals surface area (Å²) in [6, 6.07) is 2.52. The maximum Gasteiger partial charge on any atom is 0.0624 e. The van der Waals surface area contributed by atoms with Crippen LogP contribution in [0.3, 0.4) is 0 Å². The Labute approximate surface area is 99.0 Å². The maximum absolute atomic E-state index is 6.07. The average molecular weight is 223 g/mol. The van der Waals surface area contributed by atoms with Crippen LogP contribution in [0.4, 0.5) is 0 Å². The lowest BCUT2D eigenvalue weighted by Crippen LogP contribution is -2.27. The fourth-order valence-corrected chi connectivity index (χ4v) is 1.81. The van der Waals surface area contributed by atoms with E-state index < -0.39 is 0 Å². The number of hydrogen-bond donors (Lipinski definition) is 1. The van der Waals surface area contributed by atoms with Gasteiger partial charge in [-0.15, -0.1) is 0 Å². The Kier molecular flexibility index (Phi) is 5.00. The highest BCUT2D eigenvalue weighted by Crippen LogP contribution is 2.11. The van der Waals surface area contributed by atoms with E-state index >= 15 is 0 Å². The van der Waals surface area contributed by atoms with Crippen LogP contribution < -0.4 is 5.73 Å². The molecule has 0 spiro atoms. The van der Waals surface area contributed by atoms with Crippen LogP contribution in [0.15, 0.2) is 6.07 Å². The molecular formula is C13H25N3. The molecule has 0 amide bonds. The zero-order chi connectivity index (χ0) is 12.1. The fourth-order valence-electron chi connectivity index (χ4n) is 1.81. The number of hydrogen-bond acceptors (Lipinski definition) is 2. The van der Waals surface area contributed by atoms with Crippen LogP contribution in [0, 0.1) is 5.92 Å². The van der Waals surface area contributed by atoms with Crippen LogP contribution in [0.5, 0.6) is 0 Å². The minimum absolute atomic E-state index is 0.297. The summed E-state index contributed by atoms with van der Waals surface area (Å²) in [4.78, 5) is 0. The molecule has 0 aliphatic carbocycles. The predicted molar refractivity (Wildman–Crippen MR) is 68.4 cm³/mol. The van der Waals surface area contributed by atoms with Crippen LogP contribution in [-0.2, 0) is 19.4 Å². The predicted octanol–water partition coefficient (Wildman–Crippen LogP) is 2.38. The van der Waals surface area contributed by atoms with E-state index in [1.807, 2.05) is 0 Å². The van der Waals surface area contributed by atoms with E-state index in [2.05, 4.69) is 43.5 Å². The van der Waals surface area contributed by atoms with Crippen molar-refractivity contribution < 1.29 is 0 Å². The first-order valence-corrected chi connectivity index (χ1v) is 6.39. The number of aryl methyl sites for hydroxylation is 3. The van der Waals surface area contributed by atoms with Crippen molar-refractivity contribution in [3.05, 3.63) is 17.5 Å². The zero-order valence-corrected chi connectivity index (χ0v) is 11.0. The molecule has 3 nitrogen and oxygen atoms in total. The van der Waals surface area contributed by atoms with Gasteiger partial charge in [-0.05, 0) is 38.2 Å². The van der Waals surface area contributed by atoms with E-state index in [9.17, 15) is 0 Å². The molecule has 3 heteroatoms. The van der Waals surface area contributed by atoms with Crippen LogP contribution >= 0.6 is 0 Å². The van der Waals surface area contributed by atoms with Gasteiger partial charge >= 0.3 is 0 Å². The summed E-state index contributed by atoms with van der Waals surface area (Å²) < 4.78 is 2.10. The highest BCUT2D eigenvalue weighted by atomic mass is 15.3. The van der Waals surface area contributed by atoms with Crippen molar-refractivity contribution in [2.75, 3.05) is 0 Å². The standard InChI is InChI=1S/C13H25N3/c1-5-11-9-12(16(6-2)15-11)7-8-13(14)10(3)4/h9-10,13H,5-8,14H2,1-4H3. The minimum atomic E-state index is 0.297. The molecule has 1 rings (SSSR count). The van der Waals surface area contributed by atoms with Crippen molar-refractivity contribution >= 4 is 0 Å². The monoisotopic (exact) mass is 223 g/mol. The van der Waals surface area contributed by atoms with Gasteiger partial charge in [0.1, 0.15) is 0 Å². The van der Waals surface area contributed by atoms with Gasteiger partial charge < -0.3 is 5.73 Å². The fraction of sp³-hybridized carbons (Fsp3) is 0.769. The first-order valence-electron chi connectivity index (χ1n) is 6.39. The van der Waals surface area contributed by atoms with Crippen molar-refractivity contribution in [2.45, 2.75) is 59.5 Å². The summed E-state index contributed by atoms with van der Waals surface area (Å²) in [7, 11) is 0. The second kappa shape index (κ2) is 6.04. The van der Waals surface area contributed by atoms with Crippen LogP contribution in [0.2, 0.25) is 0 Å². The van der Waals surface area contributed by atoms with Crippen molar-refractivity contribution in [1.29, 1.82) is 0 Å². The lowest BCUT2D eigenvalue weighted by Gasteiger charge is -2.15. The largest absolute Gasteiger partial charge is 0.327 e. The normalized spacial score (nSPS) is 13.4. The van der Waals surface area contributed by atoms with Crippen LogP contribution in [-0.4, -0.2) is 15.8 Å². The number of nitrogens with zero attached hydrogens (tertiary/aromatic N) is 2. The highest BCUT2D eigenvalue weighted by molar-refractivity contribution is 5.10. The average Bonchev–Trinajstić information content (AvgIpc) is 2.68. The third-order valence-electron chi connectivity index (χ3n) is 3.17. The van der Waals surface area contributed by atoms with E-state index in [1.54, 1.807) is 0 Å². The zero-order valence-electron chi connectivity index (χ0n) is 11.0. The lowest BCUT2D eigenvalue weighted by atomic mass is 9.99. The van der Waals surface area contributed by atoms with Gasteiger partial charge in [-0.2, -0.15) is 5.10 Å². The van der Waals surface area contributed by atoms with Crippen LogP contribution in [0.25, 0.3) is 0 Å². The maximum atomic E-state index is 6.07. The third kappa shape index (κ3) is 3.34. The summed E-state index contributed by atoms with van der Waals surface area (Å²) in [6.07, 6.45) is 3.10. The van der Waals surface area contributed by atoms with E-state index in [1.165, 1.54) is 11.4 Å². The number of aromatic nitrogens is 2. The van der Waals surface area contributed by atoms with Gasteiger partial charge in [0.15, 0.2) is 0 Å². The Morgan fingerprint density at radius 3 is 2.56 bits per heavy atom. The van der Waals surface area contributed by atoms with Crippen molar-refractivity contribution in [1.82, 2.24) is 9.78 Å². The van der Waals surface area contributed by atoms with E-state index in [-0.39, 0.29) is 0 Å². The Hall–Kier alpha value is -0.830. The smallest absolute Gasteiger partial charge is 0.0624 e. The second-order valence-corrected chi connectivity index (χ2v) is 4.74. The first kappa shape index (κ1) is 13.2. The Bertz CT molecular complexity index is 315. The van der Waals surface area contributed by atoms with Gasteiger partial charge in [0.2, 0.25) is 0 Å². The molecule has 0 aliphatic rings. The summed E-state index contributed by atoms with van der Waals surface area (Å²) in [6.45, 7) is 9.59. The summed E-state index contributed by atoms with van der Waals surface area (Å²) in [5, 5.41) is 4.55. The molecule has 0 aromatic carbocycles. The Balaban J connectivity index is 2.62. The molecule has 0 aliphatic heterocycles. The molecule has 1 unspecified atom stereocenters. The van der Waals surface area contributed by atoms with Gasteiger partial charge in [-0.3, -0.25) is 4.68 Å². The van der Waals surface area contributed by atoms with Gasteiger partial charge in [-0.25, -0.2) is 0 Å². The molecule has 1 atom stereocenters. The molecule has 0 fully saturated rings. The van der Waals surface area contributed by atoms with E-state index in [4.69, 9.17) is 5.73 Å². The molecule has 0 saturated carbocycles. The summed E-state index contributed by atoms with van der Waals surface area (Å²) in [5.41, 5.74) is 8.58. The minimum Gasteiger partial charge on any atom is -0.327 e. The van der Waals surface area contributed by atoms with Gasteiger partial charge in [0, 0.05) is 18.3 Å². The van der Waals surface area contributed by atoms with Crippen LogP contribution in [0.1, 0.15) is 45.5 Å². The summed E-state index contributed by atoms with van der Waals surface area (Å²) in [5.74, 6) is 0.559. The topological polar surface area (TPSA) is 43.8 Å². The quantitative estimate of drug-likeness (QED) is 0.804. The molecular weight excluding hydrogens is 198 g/mol. The van der Waals surface area contributed by atoms with E-state index in [0.717, 1.165) is 25.8 Å². The molecule has 0 bridgehead atoms.